The zero-order valence-electron chi connectivity index (χ0n) is 25.9. The van der Waals surface area contributed by atoms with Gasteiger partial charge in [0.05, 0.1) is 31.5 Å². The summed E-state index contributed by atoms with van der Waals surface area (Å²) in [5, 5.41) is 0. The normalized spacial score (nSPS) is 18.4. The van der Waals surface area contributed by atoms with E-state index < -0.39 is 0 Å². The molecule has 0 saturated carbocycles. The van der Waals surface area contributed by atoms with Crippen LogP contribution in [0.3, 0.4) is 0 Å². The number of hydrogen-bond donors (Lipinski definition) is 0. The second-order valence-electron chi connectivity index (χ2n) is 11.5. The van der Waals surface area contributed by atoms with Crippen molar-refractivity contribution >= 4 is 0 Å². The van der Waals surface area contributed by atoms with E-state index in [-0.39, 0.29) is 42.7 Å². The first-order valence-electron chi connectivity index (χ1n) is 14.7. The molecule has 0 N–H and O–H groups in total. The Balaban J connectivity index is 5.95. The third-order valence-electron chi connectivity index (χ3n) is 6.07. The third kappa shape index (κ3) is 16.6. The molecule has 0 heterocycles. The summed E-state index contributed by atoms with van der Waals surface area (Å²) in [6, 6.07) is 0. The molecule has 218 valence electrons. The van der Waals surface area contributed by atoms with Crippen LogP contribution in [0, 0.1) is 17.8 Å². The van der Waals surface area contributed by atoms with Crippen LogP contribution in [0.15, 0.2) is 0 Å². The van der Waals surface area contributed by atoms with Crippen LogP contribution in [-0.4, -0.2) is 75.8 Å². The van der Waals surface area contributed by atoms with Gasteiger partial charge in [-0.25, -0.2) is 0 Å². The Hall–Kier alpha value is -0.240. The zero-order chi connectivity index (χ0) is 27.7. The van der Waals surface area contributed by atoms with Gasteiger partial charge in [0.2, 0.25) is 0 Å². The highest BCUT2D eigenvalue weighted by Gasteiger charge is 2.39. The van der Waals surface area contributed by atoms with E-state index in [0.717, 1.165) is 19.3 Å². The summed E-state index contributed by atoms with van der Waals surface area (Å²) in [5.74, 6) is 1.68. The number of ether oxygens (including phenoxy) is 6. The number of rotatable bonds is 23. The average molecular weight is 519 g/mol. The molecule has 0 fully saturated rings. The average Bonchev–Trinajstić information content (AvgIpc) is 2.75. The van der Waals surface area contributed by atoms with E-state index in [0.29, 0.717) is 50.8 Å². The van der Waals surface area contributed by atoms with Crippen molar-refractivity contribution in [2.75, 3.05) is 33.0 Å². The summed E-state index contributed by atoms with van der Waals surface area (Å²) >= 11 is 0. The minimum atomic E-state index is -0.342. The lowest BCUT2D eigenvalue weighted by molar-refractivity contribution is -0.210. The summed E-state index contributed by atoms with van der Waals surface area (Å²) in [6.45, 7) is 28.4. The molecule has 0 saturated heterocycles. The highest BCUT2D eigenvalue weighted by atomic mass is 16.6. The Kier molecular flexibility index (Phi) is 20.6. The fourth-order valence-corrected chi connectivity index (χ4v) is 4.86. The molecular formula is C30H62O6. The molecule has 0 rings (SSSR count). The third-order valence-corrected chi connectivity index (χ3v) is 6.07. The van der Waals surface area contributed by atoms with Crippen molar-refractivity contribution in [2.24, 2.45) is 17.8 Å². The molecule has 6 heteroatoms. The lowest BCUT2D eigenvalue weighted by Crippen LogP contribution is -2.53. The van der Waals surface area contributed by atoms with Gasteiger partial charge < -0.3 is 28.4 Å². The standard InChI is InChI=1S/C30H62O6/c1-13-31-27(19-34-24(10)16-21(4)5)29(33-15-3)30(36-26(12)18-23(8)9)28(32-14-2)20-35-25(11)17-22(6)7/h21-30H,13-20H2,1-12H3/t24?,25?,26?,27-,28+,29-,30-/m1/s1. The maximum absolute atomic E-state index is 6.74. The minimum absolute atomic E-state index is 0.0528. The molecule has 0 amide bonds. The number of hydrogen-bond acceptors (Lipinski definition) is 6. The summed E-state index contributed by atoms with van der Waals surface area (Å²) in [5.41, 5.74) is 0. The van der Waals surface area contributed by atoms with Gasteiger partial charge in [-0.05, 0) is 78.6 Å². The van der Waals surface area contributed by atoms with Crippen LogP contribution < -0.4 is 0 Å². The van der Waals surface area contributed by atoms with Crippen LogP contribution in [-0.2, 0) is 28.4 Å². The first kappa shape index (κ1) is 35.8. The summed E-state index contributed by atoms with van der Waals surface area (Å²) in [4.78, 5) is 0. The van der Waals surface area contributed by atoms with Gasteiger partial charge in [-0.1, -0.05) is 41.5 Å². The van der Waals surface area contributed by atoms with Crippen molar-refractivity contribution in [3.05, 3.63) is 0 Å². The molecule has 3 unspecified atom stereocenters. The Morgan fingerprint density at radius 2 is 0.778 bits per heavy atom. The zero-order valence-corrected chi connectivity index (χ0v) is 25.9. The van der Waals surface area contributed by atoms with E-state index in [1.54, 1.807) is 0 Å². The van der Waals surface area contributed by atoms with Gasteiger partial charge in [0, 0.05) is 19.8 Å². The van der Waals surface area contributed by atoms with Gasteiger partial charge in [-0.2, -0.15) is 0 Å². The molecule has 0 aliphatic carbocycles. The van der Waals surface area contributed by atoms with Crippen LogP contribution in [0.5, 0.6) is 0 Å². The molecule has 0 spiro atoms. The summed E-state index contributed by atoms with van der Waals surface area (Å²) in [7, 11) is 0. The van der Waals surface area contributed by atoms with Gasteiger partial charge in [0.1, 0.15) is 24.4 Å². The topological polar surface area (TPSA) is 55.4 Å². The maximum Gasteiger partial charge on any atom is 0.115 e. The monoisotopic (exact) mass is 518 g/mol. The largest absolute Gasteiger partial charge is 0.376 e. The van der Waals surface area contributed by atoms with Crippen molar-refractivity contribution in [1.29, 1.82) is 0 Å². The molecule has 36 heavy (non-hydrogen) atoms. The molecule has 6 nitrogen and oxygen atoms in total. The van der Waals surface area contributed by atoms with Crippen LogP contribution in [0.2, 0.25) is 0 Å². The van der Waals surface area contributed by atoms with Crippen LogP contribution in [0.1, 0.15) is 102 Å². The molecular weight excluding hydrogens is 456 g/mol. The lowest BCUT2D eigenvalue weighted by Gasteiger charge is -2.39. The smallest absolute Gasteiger partial charge is 0.115 e. The van der Waals surface area contributed by atoms with Gasteiger partial charge in [0.25, 0.3) is 0 Å². The Morgan fingerprint density at radius 3 is 1.14 bits per heavy atom. The van der Waals surface area contributed by atoms with E-state index in [2.05, 4.69) is 62.3 Å². The highest BCUT2D eigenvalue weighted by molar-refractivity contribution is 4.87. The van der Waals surface area contributed by atoms with Crippen LogP contribution >= 0.6 is 0 Å². The molecule has 0 aromatic rings. The first-order chi connectivity index (χ1) is 16.9. The maximum atomic E-state index is 6.74. The quantitative estimate of drug-likeness (QED) is 0.146. The van der Waals surface area contributed by atoms with E-state index in [1.165, 1.54) is 0 Å². The predicted octanol–water partition coefficient (Wildman–Crippen LogP) is 6.92. The van der Waals surface area contributed by atoms with Gasteiger partial charge in [-0.15, -0.1) is 0 Å². The van der Waals surface area contributed by atoms with E-state index in [9.17, 15) is 0 Å². The molecule has 7 atom stereocenters. The predicted molar refractivity (Wildman–Crippen MR) is 150 cm³/mol. The molecule has 0 aliphatic rings. The van der Waals surface area contributed by atoms with Crippen molar-refractivity contribution in [3.63, 3.8) is 0 Å². The van der Waals surface area contributed by atoms with Gasteiger partial charge in [0.15, 0.2) is 0 Å². The molecule has 0 radical (unpaired) electrons. The lowest BCUT2D eigenvalue weighted by atomic mass is 10.0. The summed E-state index contributed by atoms with van der Waals surface area (Å²) < 4.78 is 38.2. The van der Waals surface area contributed by atoms with Gasteiger partial charge in [-0.3, -0.25) is 0 Å². The molecule has 0 aliphatic heterocycles. The van der Waals surface area contributed by atoms with E-state index in [4.69, 9.17) is 28.4 Å². The Bertz CT molecular complexity index is 498. The van der Waals surface area contributed by atoms with Crippen molar-refractivity contribution < 1.29 is 28.4 Å². The first-order valence-corrected chi connectivity index (χ1v) is 14.7. The van der Waals surface area contributed by atoms with Crippen LogP contribution in [0.4, 0.5) is 0 Å². The molecule has 0 bridgehead atoms. The van der Waals surface area contributed by atoms with Crippen molar-refractivity contribution in [2.45, 2.75) is 145 Å². The highest BCUT2D eigenvalue weighted by Crippen LogP contribution is 2.24. The molecule has 0 aromatic heterocycles. The molecule has 0 aromatic carbocycles. The fourth-order valence-electron chi connectivity index (χ4n) is 4.86. The SMILES string of the molecule is CCO[C@@H]([C@H](OC(C)CC(C)C)[C@H](COC(C)CC(C)C)OCC)[C@@H](COC(C)CC(C)C)OCC. The second kappa shape index (κ2) is 20.7. The minimum Gasteiger partial charge on any atom is -0.376 e. The summed E-state index contributed by atoms with van der Waals surface area (Å²) in [6.07, 6.45) is 2.11. The fraction of sp³-hybridized carbons (Fsp3) is 1.00. The van der Waals surface area contributed by atoms with E-state index >= 15 is 0 Å². The Morgan fingerprint density at radius 1 is 0.417 bits per heavy atom. The van der Waals surface area contributed by atoms with Crippen molar-refractivity contribution in [1.82, 2.24) is 0 Å². The van der Waals surface area contributed by atoms with Crippen molar-refractivity contribution in [3.8, 4) is 0 Å². The van der Waals surface area contributed by atoms with Gasteiger partial charge >= 0.3 is 0 Å². The van der Waals surface area contributed by atoms with Crippen LogP contribution in [0.25, 0.3) is 0 Å². The van der Waals surface area contributed by atoms with E-state index in [1.807, 2.05) is 20.8 Å². The Labute approximate surface area is 224 Å². The second-order valence-corrected chi connectivity index (χ2v) is 11.5.